The molecule has 0 aliphatic rings. The van der Waals surface area contributed by atoms with Gasteiger partial charge in [-0.25, -0.2) is 0 Å². The molecule has 0 fully saturated rings. The van der Waals surface area contributed by atoms with Crippen LogP contribution >= 0.6 is 0 Å². The largest absolute Gasteiger partial charge is 0.328 e. The summed E-state index contributed by atoms with van der Waals surface area (Å²) in [4.78, 5) is 10.4. The summed E-state index contributed by atoms with van der Waals surface area (Å²) >= 11 is 0. The number of amides is 1. The molecular weight excluding hydrogens is 202 g/mol. The van der Waals surface area contributed by atoms with E-state index in [0.29, 0.717) is 6.41 Å². The van der Waals surface area contributed by atoms with Gasteiger partial charge in [-0.05, 0) is 30.2 Å². The average Bonchev–Trinajstić information content (AvgIpc) is 2.68. The maximum absolute atomic E-state index is 10.4. The summed E-state index contributed by atoms with van der Waals surface area (Å²) in [5, 5.41) is 6.78. The highest BCUT2D eigenvalue weighted by Crippen LogP contribution is 2.23. The Bertz CT molecular complexity index is 517. The van der Waals surface area contributed by atoms with Crippen molar-refractivity contribution in [2.75, 3.05) is 5.32 Å². The van der Waals surface area contributed by atoms with Gasteiger partial charge in [0.25, 0.3) is 0 Å². The zero-order chi connectivity index (χ0) is 11.5. The van der Waals surface area contributed by atoms with Crippen molar-refractivity contribution in [2.45, 2.75) is 6.92 Å². The summed E-state index contributed by atoms with van der Waals surface area (Å²) in [6.07, 6.45) is 4.47. The van der Waals surface area contributed by atoms with Crippen molar-refractivity contribution < 1.29 is 4.79 Å². The Balaban J connectivity index is 2.37. The third kappa shape index (κ3) is 1.95. The van der Waals surface area contributed by atoms with Crippen LogP contribution in [0.25, 0.3) is 11.1 Å². The topological polar surface area (TPSA) is 46.9 Å². The number of hydrogen-bond acceptors (Lipinski definition) is 2. The monoisotopic (exact) mass is 215 g/mol. The first kappa shape index (κ1) is 10.4. The van der Waals surface area contributed by atoms with Crippen molar-refractivity contribution >= 4 is 12.1 Å². The summed E-state index contributed by atoms with van der Waals surface area (Å²) in [5.74, 6) is 0. The first-order valence-corrected chi connectivity index (χ1v) is 5.00. The van der Waals surface area contributed by atoms with Crippen LogP contribution in [-0.2, 0) is 11.8 Å². The molecule has 0 spiro atoms. The minimum atomic E-state index is 0.687. The molecule has 0 aliphatic heterocycles. The van der Waals surface area contributed by atoms with Gasteiger partial charge in [-0.3, -0.25) is 9.48 Å². The molecule has 1 aromatic heterocycles. The lowest BCUT2D eigenvalue weighted by atomic mass is 10.1. The second-order valence-corrected chi connectivity index (χ2v) is 3.69. The fourth-order valence-corrected chi connectivity index (χ4v) is 1.64. The molecule has 2 aromatic rings. The van der Waals surface area contributed by atoms with E-state index in [4.69, 9.17) is 0 Å². The summed E-state index contributed by atoms with van der Waals surface area (Å²) in [5.41, 5.74) is 4.04. The second-order valence-electron chi connectivity index (χ2n) is 3.69. The highest BCUT2D eigenvalue weighted by Gasteiger charge is 2.03. The van der Waals surface area contributed by atoms with Crippen LogP contribution in [0.15, 0.2) is 30.6 Å². The van der Waals surface area contributed by atoms with Crippen LogP contribution < -0.4 is 5.32 Å². The quantitative estimate of drug-likeness (QED) is 0.795. The highest BCUT2D eigenvalue weighted by atomic mass is 16.1. The average molecular weight is 215 g/mol. The summed E-state index contributed by atoms with van der Waals surface area (Å²) < 4.78 is 1.77. The lowest BCUT2D eigenvalue weighted by Crippen LogP contribution is -1.96. The Morgan fingerprint density at radius 3 is 2.75 bits per heavy atom. The Kier molecular flexibility index (Phi) is 2.72. The van der Waals surface area contributed by atoms with Gasteiger partial charge in [-0.15, -0.1) is 0 Å². The molecule has 0 bridgehead atoms. The number of benzene rings is 1. The first-order chi connectivity index (χ1) is 7.70. The van der Waals surface area contributed by atoms with E-state index >= 15 is 0 Å². The number of carbonyl (C=O) groups is 1. The molecule has 1 amide bonds. The van der Waals surface area contributed by atoms with Gasteiger partial charge < -0.3 is 5.32 Å². The van der Waals surface area contributed by atoms with Crippen LogP contribution in [0.4, 0.5) is 5.69 Å². The van der Waals surface area contributed by atoms with E-state index in [1.165, 1.54) is 0 Å². The molecule has 4 nitrogen and oxygen atoms in total. The van der Waals surface area contributed by atoms with Crippen molar-refractivity contribution in [3.8, 4) is 11.1 Å². The molecular formula is C12H13N3O. The van der Waals surface area contributed by atoms with Gasteiger partial charge in [-0.1, -0.05) is 6.07 Å². The van der Waals surface area contributed by atoms with Crippen LogP contribution in [0.2, 0.25) is 0 Å². The normalized spacial score (nSPS) is 10.1. The molecule has 82 valence electrons. The number of hydrogen-bond donors (Lipinski definition) is 1. The van der Waals surface area contributed by atoms with Crippen molar-refractivity contribution in [2.24, 2.45) is 7.05 Å². The summed E-state index contributed by atoms with van der Waals surface area (Å²) in [7, 11) is 1.89. The molecule has 2 rings (SSSR count). The third-order valence-electron chi connectivity index (χ3n) is 2.48. The SMILES string of the molecule is Cc1cc(-c2cnn(C)c2)ccc1NC=O. The predicted octanol–water partition coefficient (Wildman–Crippen LogP) is 1.96. The van der Waals surface area contributed by atoms with E-state index in [9.17, 15) is 4.79 Å². The molecule has 4 heteroatoms. The molecule has 1 heterocycles. The van der Waals surface area contributed by atoms with Gasteiger partial charge in [0.05, 0.1) is 6.20 Å². The number of anilines is 1. The highest BCUT2D eigenvalue weighted by molar-refractivity contribution is 5.76. The molecule has 0 atom stereocenters. The lowest BCUT2D eigenvalue weighted by Gasteiger charge is -2.05. The summed E-state index contributed by atoms with van der Waals surface area (Å²) in [6, 6.07) is 5.89. The van der Waals surface area contributed by atoms with E-state index < -0.39 is 0 Å². The zero-order valence-corrected chi connectivity index (χ0v) is 9.27. The number of nitrogens with zero attached hydrogens (tertiary/aromatic N) is 2. The van der Waals surface area contributed by atoms with Crippen LogP contribution in [0.3, 0.4) is 0 Å². The van der Waals surface area contributed by atoms with Gasteiger partial charge in [-0.2, -0.15) is 5.10 Å². The molecule has 1 N–H and O–H groups in total. The number of aromatic nitrogens is 2. The second kappa shape index (κ2) is 4.18. The fourth-order valence-electron chi connectivity index (χ4n) is 1.64. The van der Waals surface area contributed by atoms with Crippen LogP contribution in [0.1, 0.15) is 5.56 Å². The van der Waals surface area contributed by atoms with E-state index in [1.54, 1.807) is 4.68 Å². The van der Waals surface area contributed by atoms with Gasteiger partial charge in [0.2, 0.25) is 6.41 Å². The van der Waals surface area contributed by atoms with E-state index in [1.807, 2.05) is 44.6 Å². The first-order valence-electron chi connectivity index (χ1n) is 5.00. The molecule has 0 saturated heterocycles. The maximum atomic E-state index is 10.4. The number of nitrogens with one attached hydrogen (secondary N) is 1. The Morgan fingerprint density at radius 2 is 2.19 bits per heavy atom. The number of carbonyl (C=O) groups excluding carboxylic acids is 1. The standard InChI is InChI=1S/C12H13N3O/c1-9-5-10(3-4-12(9)13-8-16)11-6-14-15(2)7-11/h3-8H,1-2H3,(H,13,16). The number of rotatable bonds is 3. The molecule has 0 unspecified atom stereocenters. The van der Waals surface area contributed by atoms with Gasteiger partial charge in [0.15, 0.2) is 0 Å². The zero-order valence-electron chi connectivity index (χ0n) is 9.27. The summed E-state index contributed by atoms with van der Waals surface area (Å²) in [6.45, 7) is 1.96. The van der Waals surface area contributed by atoms with Gasteiger partial charge >= 0.3 is 0 Å². The van der Waals surface area contributed by atoms with Crippen molar-refractivity contribution in [1.82, 2.24) is 9.78 Å². The predicted molar refractivity (Wildman–Crippen MR) is 63.1 cm³/mol. The lowest BCUT2D eigenvalue weighted by molar-refractivity contribution is -0.105. The van der Waals surface area contributed by atoms with Crippen molar-refractivity contribution in [1.29, 1.82) is 0 Å². The van der Waals surface area contributed by atoms with E-state index in [-0.39, 0.29) is 0 Å². The smallest absolute Gasteiger partial charge is 0.211 e. The maximum Gasteiger partial charge on any atom is 0.211 e. The fraction of sp³-hybridized carbons (Fsp3) is 0.167. The van der Waals surface area contributed by atoms with Crippen molar-refractivity contribution in [3.63, 3.8) is 0 Å². The van der Waals surface area contributed by atoms with Gasteiger partial charge in [0, 0.05) is 24.5 Å². The molecule has 0 radical (unpaired) electrons. The molecule has 0 aliphatic carbocycles. The third-order valence-corrected chi connectivity index (χ3v) is 2.48. The Labute approximate surface area is 93.9 Å². The van der Waals surface area contributed by atoms with Crippen LogP contribution in [0.5, 0.6) is 0 Å². The van der Waals surface area contributed by atoms with E-state index in [2.05, 4.69) is 10.4 Å². The minimum absolute atomic E-state index is 0.687. The molecule has 16 heavy (non-hydrogen) atoms. The molecule has 0 saturated carbocycles. The van der Waals surface area contributed by atoms with Crippen molar-refractivity contribution in [3.05, 3.63) is 36.2 Å². The Morgan fingerprint density at radius 1 is 1.38 bits per heavy atom. The molecule has 1 aromatic carbocycles. The Hall–Kier alpha value is -2.10. The van der Waals surface area contributed by atoms with Crippen LogP contribution in [0, 0.1) is 6.92 Å². The van der Waals surface area contributed by atoms with Gasteiger partial charge in [0.1, 0.15) is 0 Å². The minimum Gasteiger partial charge on any atom is -0.328 e. The number of aryl methyl sites for hydroxylation is 2. The van der Waals surface area contributed by atoms with Crippen LogP contribution in [-0.4, -0.2) is 16.2 Å². The van der Waals surface area contributed by atoms with E-state index in [0.717, 1.165) is 22.4 Å².